The third-order valence-electron chi connectivity index (χ3n) is 5.25. The van der Waals surface area contributed by atoms with Gasteiger partial charge in [0.05, 0.1) is 27.4 Å². The monoisotopic (exact) mass is 427 g/mol. The number of nitriles is 1. The van der Waals surface area contributed by atoms with Gasteiger partial charge >= 0.3 is 5.63 Å². The van der Waals surface area contributed by atoms with Crippen LogP contribution in [0.3, 0.4) is 0 Å². The molecule has 0 spiro atoms. The first-order valence-corrected chi connectivity index (χ1v) is 9.46. The van der Waals surface area contributed by atoms with E-state index >= 15 is 0 Å². The predicted molar refractivity (Wildman–Crippen MR) is 113 cm³/mol. The minimum Gasteiger partial charge on any atom is -0.460 e. The number of hydrogen-bond acceptors (Lipinski definition) is 8. The van der Waals surface area contributed by atoms with Crippen LogP contribution < -0.4 is 16.1 Å². The van der Waals surface area contributed by atoms with E-state index < -0.39 is 16.5 Å². The van der Waals surface area contributed by atoms with Crippen molar-refractivity contribution in [2.45, 2.75) is 5.92 Å². The molecule has 0 aliphatic carbocycles. The average Bonchev–Trinajstić information content (AvgIpc) is 3.28. The molecule has 1 aliphatic heterocycles. The molecule has 0 radical (unpaired) electrons. The van der Waals surface area contributed by atoms with Crippen LogP contribution >= 0.6 is 0 Å². The Morgan fingerprint density at radius 1 is 1.03 bits per heavy atom. The van der Waals surface area contributed by atoms with Gasteiger partial charge in [0.25, 0.3) is 5.69 Å². The number of nitro benzene ring substituents is 1. The Labute approximate surface area is 179 Å². The molecule has 9 nitrogen and oxygen atoms in total. The summed E-state index contributed by atoms with van der Waals surface area (Å²) < 4.78 is 17.0. The first-order chi connectivity index (χ1) is 15.5. The van der Waals surface area contributed by atoms with Crippen molar-refractivity contribution in [1.82, 2.24) is 0 Å². The summed E-state index contributed by atoms with van der Waals surface area (Å²) in [5.41, 5.74) is 5.80. The maximum atomic E-state index is 12.9. The summed E-state index contributed by atoms with van der Waals surface area (Å²) in [6, 6.07) is 18.0. The topological polar surface area (TPSA) is 146 Å². The fraction of sp³-hybridized carbons (Fsp3) is 0.0435. The Morgan fingerprint density at radius 2 is 1.78 bits per heavy atom. The molecule has 32 heavy (non-hydrogen) atoms. The average molecular weight is 427 g/mol. The molecule has 0 fully saturated rings. The second kappa shape index (κ2) is 7.14. The van der Waals surface area contributed by atoms with Gasteiger partial charge in [0.15, 0.2) is 5.75 Å². The van der Waals surface area contributed by atoms with Crippen molar-refractivity contribution < 1.29 is 18.5 Å². The van der Waals surface area contributed by atoms with E-state index in [0.29, 0.717) is 11.0 Å². The molecular formula is C23H13N3O6. The molecule has 0 unspecified atom stereocenters. The molecule has 4 aromatic rings. The number of allylic oxidation sites excluding steroid dienone is 1. The van der Waals surface area contributed by atoms with Crippen LogP contribution in [0.5, 0.6) is 5.75 Å². The predicted octanol–water partition coefficient (Wildman–Crippen LogP) is 4.18. The van der Waals surface area contributed by atoms with Crippen LogP contribution in [0.4, 0.5) is 5.69 Å². The quantitative estimate of drug-likeness (QED) is 0.291. The van der Waals surface area contributed by atoms with E-state index in [2.05, 4.69) is 0 Å². The second-order valence-corrected chi connectivity index (χ2v) is 7.03. The molecule has 3 heterocycles. The second-order valence-electron chi connectivity index (χ2n) is 7.03. The maximum Gasteiger partial charge on any atom is 0.344 e. The van der Waals surface area contributed by atoms with Crippen molar-refractivity contribution >= 4 is 16.7 Å². The van der Waals surface area contributed by atoms with Gasteiger partial charge in [0, 0.05) is 6.07 Å². The molecule has 5 rings (SSSR count). The Morgan fingerprint density at radius 3 is 2.56 bits per heavy atom. The van der Waals surface area contributed by atoms with Crippen molar-refractivity contribution in [3.63, 3.8) is 0 Å². The van der Waals surface area contributed by atoms with E-state index in [4.69, 9.17) is 19.3 Å². The zero-order chi connectivity index (χ0) is 22.4. The largest absolute Gasteiger partial charge is 0.460 e. The van der Waals surface area contributed by atoms with Gasteiger partial charge in [-0.3, -0.25) is 10.1 Å². The van der Waals surface area contributed by atoms with Crippen molar-refractivity contribution in [3.05, 3.63) is 104 Å². The van der Waals surface area contributed by atoms with Crippen molar-refractivity contribution in [2.24, 2.45) is 5.73 Å². The van der Waals surface area contributed by atoms with Gasteiger partial charge in [0.2, 0.25) is 5.88 Å². The number of para-hydroxylation sites is 2. The highest BCUT2D eigenvalue weighted by atomic mass is 16.6. The number of fused-ring (bicyclic) bond motifs is 3. The van der Waals surface area contributed by atoms with Gasteiger partial charge in [-0.15, -0.1) is 0 Å². The molecule has 1 atom stereocenters. The number of rotatable bonds is 3. The van der Waals surface area contributed by atoms with E-state index in [1.807, 2.05) is 6.07 Å². The van der Waals surface area contributed by atoms with E-state index in [9.17, 15) is 20.2 Å². The van der Waals surface area contributed by atoms with Crippen LogP contribution in [0.15, 0.2) is 85.7 Å². The van der Waals surface area contributed by atoms with Gasteiger partial charge in [-0.1, -0.05) is 24.3 Å². The number of benzene rings is 2. The van der Waals surface area contributed by atoms with E-state index in [1.165, 1.54) is 6.07 Å². The molecule has 156 valence electrons. The first kappa shape index (κ1) is 19.1. The fourth-order valence-electron chi connectivity index (χ4n) is 3.84. The van der Waals surface area contributed by atoms with E-state index in [0.717, 1.165) is 0 Å². The number of nitro groups is 1. The van der Waals surface area contributed by atoms with Gasteiger partial charge in [-0.25, -0.2) is 4.79 Å². The summed E-state index contributed by atoms with van der Waals surface area (Å²) in [6.07, 6.45) is 0. The first-order valence-electron chi connectivity index (χ1n) is 9.46. The maximum absolute atomic E-state index is 12.9. The summed E-state index contributed by atoms with van der Waals surface area (Å²) in [5.74, 6) is -0.571. The van der Waals surface area contributed by atoms with Gasteiger partial charge in [-0.2, -0.15) is 5.26 Å². The fourth-order valence-corrected chi connectivity index (χ4v) is 3.84. The number of nitrogens with two attached hydrogens (primary N) is 1. The van der Waals surface area contributed by atoms with Crippen LogP contribution in [0.25, 0.3) is 22.3 Å². The van der Waals surface area contributed by atoms with E-state index in [-0.39, 0.29) is 45.5 Å². The molecular weight excluding hydrogens is 414 g/mol. The lowest BCUT2D eigenvalue weighted by Crippen LogP contribution is -2.26. The smallest absolute Gasteiger partial charge is 0.344 e. The Hall–Kier alpha value is -4.84. The summed E-state index contributed by atoms with van der Waals surface area (Å²) in [6.45, 7) is 0. The third kappa shape index (κ3) is 2.82. The van der Waals surface area contributed by atoms with Crippen LogP contribution in [-0.4, -0.2) is 4.92 Å². The Kier molecular flexibility index (Phi) is 4.27. The molecule has 0 amide bonds. The highest BCUT2D eigenvalue weighted by Crippen LogP contribution is 2.45. The summed E-state index contributed by atoms with van der Waals surface area (Å²) in [4.78, 5) is 23.8. The van der Waals surface area contributed by atoms with Gasteiger partial charge in [0.1, 0.15) is 28.7 Å². The van der Waals surface area contributed by atoms with Crippen LogP contribution in [-0.2, 0) is 0 Å². The Bertz CT molecular complexity index is 1540. The normalized spacial score (nSPS) is 15.2. The lowest BCUT2D eigenvalue weighted by Gasteiger charge is -2.24. The summed E-state index contributed by atoms with van der Waals surface area (Å²) >= 11 is 0. The summed E-state index contributed by atoms with van der Waals surface area (Å²) in [7, 11) is 0. The highest BCUT2D eigenvalue weighted by molar-refractivity contribution is 5.86. The molecule has 1 aliphatic rings. The van der Waals surface area contributed by atoms with Crippen LogP contribution in [0.2, 0.25) is 0 Å². The Balaban J connectivity index is 1.74. The number of furan rings is 1. The van der Waals surface area contributed by atoms with Crippen molar-refractivity contribution in [2.75, 3.05) is 0 Å². The molecule has 9 heteroatoms. The third-order valence-corrected chi connectivity index (χ3v) is 5.25. The van der Waals surface area contributed by atoms with Gasteiger partial charge < -0.3 is 19.3 Å². The highest BCUT2D eigenvalue weighted by Gasteiger charge is 2.37. The standard InChI is InChI=1S/C23H13N3O6/c24-11-14-19(18-10-9-17(30-18)12-5-1-3-7-15(12)26(28)29)20-21(32-22(14)25)13-6-2-4-8-16(13)31-23(20)27/h1-10,19H,25H2/t19-/m1/s1. The molecule has 2 aromatic heterocycles. The van der Waals surface area contributed by atoms with Crippen molar-refractivity contribution in [3.8, 4) is 23.1 Å². The number of nitrogens with zero attached hydrogens (tertiary/aromatic N) is 2. The molecule has 2 aromatic carbocycles. The van der Waals surface area contributed by atoms with Gasteiger partial charge in [-0.05, 0) is 30.3 Å². The van der Waals surface area contributed by atoms with Crippen LogP contribution in [0.1, 0.15) is 17.2 Å². The number of hydrogen-bond donors (Lipinski definition) is 1. The van der Waals surface area contributed by atoms with Crippen molar-refractivity contribution in [1.29, 1.82) is 5.26 Å². The lowest BCUT2D eigenvalue weighted by molar-refractivity contribution is -0.384. The van der Waals surface area contributed by atoms with E-state index in [1.54, 1.807) is 54.6 Å². The number of ether oxygens (including phenoxy) is 1. The summed E-state index contributed by atoms with van der Waals surface area (Å²) in [5, 5.41) is 21.6. The molecule has 0 saturated heterocycles. The lowest BCUT2D eigenvalue weighted by atomic mass is 9.87. The van der Waals surface area contributed by atoms with Crippen LogP contribution in [0, 0.1) is 21.4 Å². The SMILES string of the molecule is N#CC1=C(N)Oc2c(c(=O)oc3ccccc23)[C@H]1c1ccc(-c2ccccc2[N+](=O)[O-])o1. The molecule has 0 saturated carbocycles. The minimum atomic E-state index is -0.999. The molecule has 0 bridgehead atoms. The molecule has 2 N–H and O–H groups in total. The minimum absolute atomic E-state index is 0.0245. The zero-order valence-electron chi connectivity index (χ0n) is 16.3. The zero-order valence-corrected chi connectivity index (χ0v) is 16.3.